The number of hydrogen-bond acceptors (Lipinski definition) is 6. The van der Waals surface area contributed by atoms with Gasteiger partial charge in [0.2, 0.25) is 5.91 Å². The van der Waals surface area contributed by atoms with Crippen molar-refractivity contribution < 1.29 is 14.1 Å². The zero-order valence-corrected chi connectivity index (χ0v) is 18.4. The zero-order chi connectivity index (χ0) is 24.2. The molecule has 0 saturated carbocycles. The first kappa shape index (κ1) is 23.1. The third-order valence-electron chi connectivity index (χ3n) is 5.17. The van der Waals surface area contributed by atoms with Gasteiger partial charge in [0.15, 0.2) is 5.65 Å². The van der Waals surface area contributed by atoms with Gasteiger partial charge in [0.1, 0.15) is 17.5 Å². The topological polar surface area (TPSA) is 125 Å². The molecule has 0 radical (unpaired) electrons. The summed E-state index contributed by atoms with van der Waals surface area (Å²) >= 11 is 5.95. The molecule has 10 nitrogen and oxygen atoms in total. The fourth-order valence-corrected chi connectivity index (χ4v) is 3.65. The van der Waals surface area contributed by atoms with E-state index in [0.29, 0.717) is 16.6 Å². The number of halogens is 2. The van der Waals surface area contributed by atoms with E-state index in [-0.39, 0.29) is 47.9 Å². The Morgan fingerprint density at radius 1 is 1.21 bits per heavy atom. The summed E-state index contributed by atoms with van der Waals surface area (Å²) < 4.78 is 16.7. The molecule has 0 fully saturated rings. The molecular formula is C22H18ClFN6O4. The molecule has 1 N–H and O–H groups in total. The SMILES string of the molecule is O=C(Cc1c(F)cccc1Cl)NCCn1ncc2c(=O)n(Cc3ccc([N+](=O)[O-])cc3)cnc21. The Bertz CT molecular complexity index is 1410. The third kappa shape index (κ3) is 4.94. The molecule has 174 valence electrons. The molecule has 12 heteroatoms. The van der Waals surface area contributed by atoms with Crippen LogP contribution in [-0.2, 0) is 24.3 Å². The van der Waals surface area contributed by atoms with Gasteiger partial charge in [0.05, 0.1) is 30.6 Å². The summed E-state index contributed by atoms with van der Waals surface area (Å²) in [6.45, 7) is 0.633. The summed E-state index contributed by atoms with van der Waals surface area (Å²) in [5, 5.41) is 18.1. The summed E-state index contributed by atoms with van der Waals surface area (Å²) in [6.07, 6.45) is 2.58. The number of nitro groups is 1. The van der Waals surface area contributed by atoms with E-state index in [4.69, 9.17) is 11.6 Å². The van der Waals surface area contributed by atoms with Crippen molar-refractivity contribution in [2.45, 2.75) is 19.5 Å². The van der Waals surface area contributed by atoms with Crippen LogP contribution < -0.4 is 10.9 Å². The minimum absolute atomic E-state index is 0.0324. The zero-order valence-electron chi connectivity index (χ0n) is 17.6. The highest BCUT2D eigenvalue weighted by Gasteiger charge is 2.14. The second-order valence-electron chi connectivity index (χ2n) is 7.43. The number of carbonyl (C=O) groups excluding carboxylic acids is 1. The normalized spacial score (nSPS) is 11.0. The number of hydrogen-bond donors (Lipinski definition) is 1. The quantitative estimate of drug-likeness (QED) is 0.303. The molecule has 4 rings (SSSR count). The van der Waals surface area contributed by atoms with Gasteiger partial charge < -0.3 is 5.32 Å². The van der Waals surface area contributed by atoms with Crippen LogP contribution in [0.2, 0.25) is 5.02 Å². The Kier molecular flexibility index (Phi) is 6.64. The maximum absolute atomic E-state index is 13.8. The Hall–Kier alpha value is -4.12. The van der Waals surface area contributed by atoms with Crippen LogP contribution in [0.1, 0.15) is 11.1 Å². The van der Waals surface area contributed by atoms with E-state index in [2.05, 4.69) is 15.4 Å². The molecule has 0 aliphatic carbocycles. The molecule has 0 aliphatic heterocycles. The van der Waals surface area contributed by atoms with Crippen molar-refractivity contribution in [3.05, 3.63) is 97.4 Å². The fourth-order valence-electron chi connectivity index (χ4n) is 3.42. The molecule has 4 aromatic rings. The van der Waals surface area contributed by atoms with Crippen LogP contribution >= 0.6 is 11.6 Å². The number of benzene rings is 2. The average molecular weight is 485 g/mol. The Morgan fingerprint density at radius 3 is 2.68 bits per heavy atom. The molecule has 2 aromatic carbocycles. The van der Waals surface area contributed by atoms with Gasteiger partial charge >= 0.3 is 0 Å². The maximum Gasteiger partial charge on any atom is 0.269 e. The van der Waals surface area contributed by atoms with Gasteiger partial charge in [-0.3, -0.25) is 24.3 Å². The smallest absolute Gasteiger partial charge is 0.269 e. The van der Waals surface area contributed by atoms with Crippen molar-refractivity contribution in [2.24, 2.45) is 0 Å². The van der Waals surface area contributed by atoms with E-state index >= 15 is 0 Å². The van der Waals surface area contributed by atoms with Crippen molar-refractivity contribution in [1.29, 1.82) is 0 Å². The minimum Gasteiger partial charge on any atom is -0.354 e. The molecule has 0 saturated heterocycles. The number of nitrogens with one attached hydrogen (secondary N) is 1. The van der Waals surface area contributed by atoms with Gasteiger partial charge in [-0.15, -0.1) is 0 Å². The Morgan fingerprint density at radius 2 is 1.97 bits per heavy atom. The second-order valence-corrected chi connectivity index (χ2v) is 7.84. The van der Waals surface area contributed by atoms with Crippen molar-refractivity contribution in [3.8, 4) is 0 Å². The van der Waals surface area contributed by atoms with E-state index in [9.17, 15) is 24.1 Å². The molecule has 2 heterocycles. The van der Waals surface area contributed by atoms with E-state index in [1.807, 2.05) is 0 Å². The molecule has 0 atom stereocenters. The highest BCUT2D eigenvalue weighted by Crippen LogP contribution is 2.19. The van der Waals surface area contributed by atoms with Crippen molar-refractivity contribution in [1.82, 2.24) is 24.6 Å². The molecule has 0 aliphatic rings. The van der Waals surface area contributed by atoms with Gasteiger partial charge in [-0.05, 0) is 17.7 Å². The molecule has 0 bridgehead atoms. The lowest BCUT2D eigenvalue weighted by Gasteiger charge is -2.09. The van der Waals surface area contributed by atoms with Crippen LogP contribution in [0, 0.1) is 15.9 Å². The molecule has 0 unspecified atom stereocenters. The van der Waals surface area contributed by atoms with Gasteiger partial charge in [0, 0.05) is 29.3 Å². The first-order valence-electron chi connectivity index (χ1n) is 10.2. The number of aromatic nitrogens is 4. The number of amides is 1. The Balaban J connectivity index is 1.40. The van der Waals surface area contributed by atoms with Crippen LogP contribution in [0.5, 0.6) is 0 Å². The van der Waals surface area contributed by atoms with Crippen molar-refractivity contribution in [2.75, 3.05) is 6.54 Å². The van der Waals surface area contributed by atoms with Gasteiger partial charge in [-0.2, -0.15) is 5.10 Å². The lowest BCUT2D eigenvalue weighted by Crippen LogP contribution is -2.29. The second kappa shape index (κ2) is 9.79. The lowest BCUT2D eigenvalue weighted by atomic mass is 10.1. The van der Waals surface area contributed by atoms with Crippen molar-refractivity contribution >= 4 is 34.2 Å². The highest BCUT2D eigenvalue weighted by atomic mass is 35.5. The van der Waals surface area contributed by atoms with Crippen molar-refractivity contribution in [3.63, 3.8) is 0 Å². The third-order valence-corrected chi connectivity index (χ3v) is 5.52. The van der Waals surface area contributed by atoms with Crippen LogP contribution in [0.25, 0.3) is 11.0 Å². The first-order valence-corrected chi connectivity index (χ1v) is 10.5. The molecule has 2 aromatic heterocycles. The summed E-state index contributed by atoms with van der Waals surface area (Å²) in [4.78, 5) is 39.6. The maximum atomic E-state index is 13.8. The molecule has 1 amide bonds. The van der Waals surface area contributed by atoms with Crippen LogP contribution in [0.15, 0.2) is 59.8 Å². The number of non-ortho nitro benzene ring substituents is 1. The number of carbonyl (C=O) groups is 1. The minimum atomic E-state index is -0.546. The summed E-state index contributed by atoms with van der Waals surface area (Å²) in [5.41, 5.74) is 0.847. The summed E-state index contributed by atoms with van der Waals surface area (Å²) in [7, 11) is 0. The summed E-state index contributed by atoms with van der Waals surface area (Å²) in [5.74, 6) is -0.947. The van der Waals surface area contributed by atoms with E-state index in [0.717, 1.165) is 0 Å². The van der Waals surface area contributed by atoms with Crippen LogP contribution in [0.4, 0.5) is 10.1 Å². The first-order chi connectivity index (χ1) is 16.3. The largest absolute Gasteiger partial charge is 0.354 e. The number of nitrogens with zero attached hydrogens (tertiary/aromatic N) is 5. The van der Waals surface area contributed by atoms with Crippen LogP contribution in [-0.4, -0.2) is 36.7 Å². The molecule has 0 spiro atoms. The van der Waals surface area contributed by atoms with Gasteiger partial charge in [-0.1, -0.05) is 29.8 Å². The number of nitro benzene ring substituents is 1. The molecular weight excluding hydrogens is 467 g/mol. The average Bonchev–Trinajstić information content (AvgIpc) is 3.22. The standard InChI is InChI=1S/C22H18ClFN6O4/c23-18-2-1-3-19(24)16(18)10-20(31)25-8-9-29-21-17(11-27-29)22(32)28(13-26-21)12-14-4-6-15(7-5-14)30(33)34/h1-7,11,13H,8-10,12H2,(H,25,31). The van der Waals surface area contributed by atoms with E-state index in [1.54, 1.807) is 12.1 Å². The van der Waals surface area contributed by atoms with E-state index in [1.165, 1.54) is 52.1 Å². The fraction of sp³-hybridized carbons (Fsp3) is 0.182. The number of fused-ring (bicyclic) bond motifs is 1. The monoisotopic (exact) mass is 484 g/mol. The lowest BCUT2D eigenvalue weighted by molar-refractivity contribution is -0.384. The van der Waals surface area contributed by atoms with Gasteiger partial charge in [-0.25, -0.2) is 14.1 Å². The predicted molar refractivity (Wildman–Crippen MR) is 122 cm³/mol. The van der Waals surface area contributed by atoms with E-state index < -0.39 is 16.6 Å². The summed E-state index contributed by atoms with van der Waals surface area (Å²) in [6, 6.07) is 10.1. The predicted octanol–water partition coefficient (Wildman–Crippen LogP) is 2.70. The Labute approximate surface area is 196 Å². The highest BCUT2D eigenvalue weighted by molar-refractivity contribution is 6.31. The van der Waals surface area contributed by atoms with Gasteiger partial charge in [0.25, 0.3) is 11.2 Å². The molecule has 34 heavy (non-hydrogen) atoms. The van der Waals surface area contributed by atoms with Crippen LogP contribution in [0.3, 0.4) is 0 Å². The number of rotatable bonds is 8.